The van der Waals surface area contributed by atoms with Crippen LogP contribution in [0, 0.1) is 5.82 Å². The second kappa shape index (κ2) is 8.01. The second-order valence-electron chi connectivity index (χ2n) is 8.43. The van der Waals surface area contributed by atoms with E-state index < -0.39 is 11.8 Å². The van der Waals surface area contributed by atoms with E-state index in [-0.39, 0.29) is 17.0 Å². The van der Waals surface area contributed by atoms with Gasteiger partial charge in [0.2, 0.25) is 0 Å². The number of carbonyl (C=O) groups is 2. The van der Waals surface area contributed by atoms with Crippen LogP contribution in [0.5, 0.6) is 0 Å². The van der Waals surface area contributed by atoms with Gasteiger partial charge in [0.15, 0.2) is 5.65 Å². The Hall–Kier alpha value is -4.60. The largest absolute Gasteiger partial charge is 0.347 e. The van der Waals surface area contributed by atoms with Crippen molar-refractivity contribution in [3.05, 3.63) is 78.5 Å². The quantitative estimate of drug-likeness (QED) is 0.386. The van der Waals surface area contributed by atoms with Gasteiger partial charge < -0.3 is 9.13 Å². The summed E-state index contributed by atoms with van der Waals surface area (Å²) in [7, 11) is 1.74. The average Bonchev–Trinajstić information content (AvgIpc) is 3.61. The van der Waals surface area contributed by atoms with Gasteiger partial charge in [0.05, 0.1) is 23.0 Å². The number of halogens is 1. The molecule has 1 aliphatic heterocycles. The molecule has 4 aromatic heterocycles. The van der Waals surface area contributed by atoms with E-state index in [0.717, 1.165) is 13.0 Å². The number of amides is 2. The summed E-state index contributed by atoms with van der Waals surface area (Å²) in [6.45, 7) is 1.33. The zero-order valence-electron chi connectivity index (χ0n) is 18.8. The van der Waals surface area contributed by atoms with Crippen molar-refractivity contribution in [1.29, 1.82) is 0 Å². The molecule has 10 heteroatoms. The van der Waals surface area contributed by atoms with Gasteiger partial charge in [-0.25, -0.2) is 19.0 Å². The smallest absolute Gasteiger partial charge is 0.261 e. The Bertz CT molecular complexity index is 1660. The Labute approximate surface area is 198 Å². The molecule has 1 aliphatic rings. The molecule has 9 nitrogen and oxygen atoms in total. The highest BCUT2D eigenvalue weighted by molar-refractivity contribution is 6.50. The predicted molar refractivity (Wildman–Crippen MR) is 127 cm³/mol. The third-order valence-electron chi connectivity index (χ3n) is 6.25. The average molecular weight is 469 g/mol. The number of imidazole rings is 1. The van der Waals surface area contributed by atoms with Crippen molar-refractivity contribution in [2.45, 2.75) is 19.5 Å². The molecule has 0 saturated carbocycles. The molecule has 0 atom stereocenters. The van der Waals surface area contributed by atoms with Gasteiger partial charge in [-0.2, -0.15) is 5.10 Å². The number of nitrogens with zero attached hydrogens (tertiary/aromatic N) is 6. The molecular weight excluding hydrogens is 449 g/mol. The van der Waals surface area contributed by atoms with Crippen LogP contribution in [0.4, 0.5) is 4.39 Å². The number of rotatable bonds is 6. The molecule has 5 heterocycles. The maximum absolute atomic E-state index is 14.2. The van der Waals surface area contributed by atoms with E-state index in [2.05, 4.69) is 20.4 Å². The van der Waals surface area contributed by atoms with Gasteiger partial charge in [0, 0.05) is 61.3 Å². The van der Waals surface area contributed by atoms with Gasteiger partial charge in [0.1, 0.15) is 11.5 Å². The summed E-state index contributed by atoms with van der Waals surface area (Å²) in [6.07, 6.45) is 9.58. The zero-order valence-corrected chi connectivity index (χ0v) is 18.8. The third kappa shape index (κ3) is 3.41. The number of aryl methyl sites for hydroxylation is 3. The van der Waals surface area contributed by atoms with Gasteiger partial charge in [0.25, 0.3) is 11.8 Å². The van der Waals surface area contributed by atoms with E-state index in [1.807, 2.05) is 27.6 Å². The summed E-state index contributed by atoms with van der Waals surface area (Å²) < 4.78 is 19.7. The van der Waals surface area contributed by atoms with Crippen molar-refractivity contribution in [3.8, 4) is 0 Å². The minimum Gasteiger partial charge on any atom is -0.347 e. The first kappa shape index (κ1) is 21.0. The number of pyridine rings is 1. The lowest BCUT2D eigenvalue weighted by Crippen LogP contribution is -2.22. The number of imide groups is 1. The van der Waals surface area contributed by atoms with Crippen LogP contribution >= 0.6 is 0 Å². The molecule has 6 rings (SSSR count). The van der Waals surface area contributed by atoms with Crippen LogP contribution in [-0.2, 0) is 29.7 Å². The molecule has 35 heavy (non-hydrogen) atoms. The van der Waals surface area contributed by atoms with Crippen molar-refractivity contribution in [1.82, 2.24) is 34.2 Å². The molecule has 0 aliphatic carbocycles. The maximum Gasteiger partial charge on any atom is 0.261 e. The molecule has 174 valence electrons. The van der Waals surface area contributed by atoms with Crippen LogP contribution < -0.4 is 5.32 Å². The molecule has 0 spiro atoms. The Morgan fingerprint density at radius 3 is 2.71 bits per heavy atom. The fourth-order valence-corrected chi connectivity index (χ4v) is 4.71. The first-order valence-corrected chi connectivity index (χ1v) is 11.1. The van der Waals surface area contributed by atoms with E-state index in [1.165, 1.54) is 12.1 Å². The molecule has 0 fully saturated rings. The first-order valence-electron chi connectivity index (χ1n) is 11.1. The van der Waals surface area contributed by atoms with Crippen LogP contribution in [0.1, 0.15) is 17.7 Å². The molecule has 0 bridgehead atoms. The number of carbonyl (C=O) groups excluding carboxylic acids is 2. The van der Waals surface area contributed by atoms with Crippen molar-refractivity contribution in [2.24, 2.45) is 7.05 Å². The van der Waals surface area contributed by atoms with Crippen molar-refractivity contribution >= 4 is 44.9 Å². The Balaban J connectivity index is 1.51. The molecular formula is C25H20FN7O2. The van der Waals surface area contributed by atoms with Gasteiger partial charge in [-0.15, -0.1) is 0 Å². The lowest BCUT2D eigenvalue weighted by molar-refractivity contribution is -0.122. The van der Waals surface area contributed by atoms with E-state index in [1.54, 1.807) is 42.6 Å². The summed E-state index contributed by atoms with van der Waals surface area (Å²) in [6, 6.07) is 8.03. The summed E-state index contributed by atoms with van der Waals surface area (Å²) in [5.41, 5.74) is 2.61. The molecule has 5 aromatic rings. The van der Waals surface area contributed by atoms with Gasteiger partial charge in [-0.1, -0.05) is 0 Å². The lowest BCUT2D eigenvalue weighted by Gasteiger charge is -2.06. The number of fused-ring (bicyclic) bond motifs is 2. The van der Waals surface area contributed by atoms with Crippen LogP contribution in [-0.4, -0.2) is 40.7 Å². The highest BCUT2D eigenvalue weighted by atomic mass is 19.1. The second-order valence-corrected chi connectivity index (χ2v) is 8.43. The minimum atomic E-state index is -0.517. The van der Waals surface area contributed by atoms with Crippen LogP contribution in [0.3, 0.4) is 0 Å². The van der Waals surface area contributed by atoms with Crippen molar-refractivity contribution in [3.63, 3.8) is 0 Å². The SMILES string of the molecule is Cn1nc(C2=C(c3cn(CCCn4ccnc4)c4cc(F)ccc34)C(=O)NC2=O)c2cccnc21. The molecule has 2 amide bonds. The Kier molecular flexibility index (Phi) is 4.80. The van der Waals surface area contributed by atoms with E-state index in [9.17, 15) is 14.0 Å². The number of nitrogens with one attached hydrogen (secondary N) is 1. The van der Waals surface area contributed by atoms with E-state index >= 15 is 0 Å². The summed E-state index contributed by atoms with van der Waals surface area (Å²) in [5.74, 6) is -1.40. The fourth-order valence-electron chi connectivity index (χ4n) is 4.71. The van der Waals surface area contributed by atoms with E-state index in [0.29, 0.717) is 39.7 Å². The molecule has 1 aromatic carbocycles. The fraction of sp³-hybridized carbons (Fsp3) is 0.160. The standard InChI is InChI=1S/C25H20FN7O2/c1-31-23-17(4-2-7-28-23)22(30-31)21-20(24(34)29-25(21)35)18-13-33(10-3-9-32-11-8-27-14-32)19-12-15(26)5-6-16(18)19/h2,4-8,11-14H,3,9-10H2,1H3,(H,29,34,35). The molecule has 0 unspecified atom stereocenters. The maximum atomic E-state index is 14.2. The summed E-state index contributed by atoms with van der Waals surface area (Å²) in [4.78, 5) is 34.5. The zero-order chi connectivity index (χ0) is 24.1. The monoisotopic (exact) mass is 469 g/mol. The van der Waals surface area contributed by atoms with Crippen LogP contribution in [0.15, 0.2) is 61.4 Å². The summed E-state index contributed by atoms with van der Waals surface area (Å²) >= 11 is 0. The van der Waals surface area contributed by atoms with Crippen LogP contribution in [0.2, 0.25) is 0 Å². The first-order chi connectivity index (χ1) is 17.0. The van der Waals surface area contributed by atoms with Gasteiger partial charge in [-0.05, 0) is 36.8 Å². The van der Waals surface area contributed by atoms with E-state index in [4.69, 9.17) is 0 Å². The topological polar surface area (TPSA) is 99.6 Å². The van der Waals surface area contributed by atoms with Crippen molar-refractivity contribution in [2.75, 3.05) is 0 Å². The Morgan fingerprint density at radius 1 is 1.03 bits per heavy atom. The normalized spacial score (nSPS) is 14.0. The minimum absolute atomic E-state index is 0.190. The Morgan fingerprint density at radius 2 is 1.89 bits per heavy atom. The number of hydrogen-bond acceptors (Lipinski definition) is 5. The lowest BCUT2D eigenvalue weighted by atomic mass is 9.98. The van der Waals surface area contributed by atoms with Gasteiger partial charge in [-0.3, -0.25) is 14.9 Å². The highest BCUT2D eigenvalue weighted by Crippen LogP contribution is 2.37. The molecule has 1 N–H and O–H groups in total. The van der Waals surface area contributed by atoms with Gasteiger partial charge >= 0.3 is 0 Å². The number of benzene rings is 1. The third-order valence-corrected chi connectivity index (χ3v) is 6.25. The van der Waals surface area contributed by atoms with Crippen LogP contribution in [0.25, 0.3) is 33.1 Å². The molecule has 0 radical (unpaired) electrons. The summed E-state index contributed by atoms with van der Waals surface area (Å²) in [5, 5.41) is 8.29. The number of hydrogen-bond donors (Lipinski definition) is 1. The van der Waals surface area contributed by atoms with Crippen molar-refractivity contribution < 1.29 is 14.0 Å². The number of aromatic nitrogens is 6. The molecule has 0 saturated heterocycles. The predicted octanol–water partition coefficient (Wildman–Crippen LogP) is 2.92. The highest BCUT2D eigenvalue weighted by Gasteiger charge is 2.36.